The van der Waals surface area contributed by atoms with Crippen molar-refractivity contribution in [1.82, 2.24) is 9.88 Å². The second-order valence-corrected chi connectivity index (χ2v) is 7.25. The van der Waals surface area contributed by atoms with E-state index in [4.69, 9.17) is 4.74 Å². The molecule has 2 aromatic carbocycles. The van der Waals surface area contributed by atoms with Gasteiger partial charge in [-0.25, -0.2) is 0 Å². The van der Waals surface area contributed by atoms with Crippen LogP contribution in [0.2, 0.25) is 0 Å². The molecule has 1 aliphatic rings. The Labute approximate surface area is 171 Å². The number of likely N-dealkylation sites (tertiary alicyclic amines) is 1. The molecule has 2 heterocycles. The molecule has 0 aliphatic carbocycles. The van der Waals surface area contributed by atoms with Crippen LogP contribution in [0.15, 0.2) is 79.1 Å². The van der Waals surface area contributed by atoms with E-state index in [1.165, 1.54) is 0 Å². The van der Waals surface area contributed by atoms with E-state index < -0.39 is 0 Å². The Morgan fingerprint density at radius 1 is 1.03 bits per heavy atom. The van der Waals surface area contributed by atoms with Crippen molar-refractivity contribution in [2.45, 2.75) is 25.5 Å². The quantitative estimate of drug-likeness (QED) is 0.682. The Hall–Kier alpha value is -3.34. The van der Waals surface area contributed by atoms with Crippen LogP contribution in [0.25, 0.3) is 0 Å². The first kappa shape index (κ1) is 19.0. The number of para-hydroxylation sites is 1. The summed E-state index contributed by atoms with van der Waals surface area (Å²) in [6, 6.07) is 21.9. The molecular weight excluding hydrogens is 362 g/mol. The number of piperidine rings is 1. The maximum Gasteiger partial charge on any atom is 0.253 e. The molecule has 4 rings (SSSR count). The summed E-state index contributed by atoms with van der Waals surface area (Å²) < 4.78 is 5.83. The van der Waals surface area contributed by atoms with E-state index in [2.05, 4.69) is 22.4 Å². The monoisotopic (exact) mass is 387 g/mol. The predicted molar refractivity (Wildman–Crippen MR) is 114 cm³/mol. The third-order valence-corrected chi connectivity index (χ3v) is 5.14. The van der Waals surface area contributed by atoms with Gasteiger partial charge in [0.1, 0.15) is 12.4 Å². The van der Waals surface area contributed by atoms with Crippen molar-refractivity contribution in [2.24, 2.45) is 0 Å². The van der Waals surface area contributed by atoms with Crippen LogP contribution in [-0.2, 0) is 6.61 Å². The summed E-state index contributed by atoms with van der Waals surface area (Å²) in [5.74, 6) is 0.760. The van der Waals surface area contributed by atoms with Gasteiger partial charge in [0.25, 0.3) is 5.91 Å². The number of carbonyl (C=O) groups is 1. The van der Waals surface area contributed by atoms with Gasteiger partial charge >= 0.3 is 0 Å². The van der Waals surface area contributed by atoms with E-state index in [1.807, 2.05) is 59.5 Å². The topological polar surface area (TPSA) is 54.5 Å². The number of hydrogen-bond acceptors (Lipinski definition) is 4. The van der Waals surface area contributed by atoms with Gasteiger partial charge in [0, 0.05) is 48.3 Å². The molecule has 29 heavy (non-hydrogen) atoms. The number of nitrogens with zero attached hydrogens (tertiary/aromatic N) is 2. The van der Waals surface area contributed by atoms with Crippen LogP contribution in [-0.4, -0.2) is 34.9 Å². The van der Waals surface area contributed by atoms with Gasteiger partial charge in [0.15, 0.2) is 0 Å². The number of anilines is 1. The van der Waals surface area contributed by atoms with Gasteiger partial charge in [0.2, 0.25) is 0 Å². The molecule has 5 heteroatoms. The first-order chi connectivity index (χ1) is 14.3. The van der Waals surface area contributed by atoms with E-state index in [1.54, 1.807) is 12.4 Å². The zero-order chi connectivity index (χ0) is 19.9. The molecule has 0 unspecified atom stereocenters. The molecule has 0 atom stereocenters. The molecule has 1 N–H and O–H groups in total. The standard InChI is InChI=1S/C24H25N3O2/c28-24(27-14-11-22(12-15-27)26-21-8-2-1-3-9-21)20-7-4-10-23(16-20)29-18-19-6-5-13-25-17-19/h1-10,13,16-17,22,26H,11-12,14-15,18H2. The second kappa shape index (κ2) is 9.24. The molecule has 1 amide bonds. The summed E-state index contributed by atoms with van der Waals surface area (Å²) in [6.07, 6.45) is 5.40. The number of carbonyl (C=O) groups excluding carboxylic acids is 1. The molecule has 0 spiro atoms. The van der Waals surface area contributed by atoms with Crippen LogP contribution >= 0.6 is 0 Å². The van der Waals surface area contributed by atoms with Gasteiger partial charge in [-0.1, -0.05) is 30.3 Å². The lowest BCUT2D eigenvalue weighted by molar-refractivity contribution is 0.0718. The number of hydrogen-bond donors (Lipinski definition) is 1. The van der Waals surface area contributed by atoms with E-state index in [0.29, 0.717) is 24.0 Å². The molecule has 1 fully saturated rings. The molecule has 1 saturated heterocycles. The maximum atomic E-state index is 12.9. The Morgan fingerprint density at radius 3 is 2.62 bits per heavy atom. The lowest BCUT2D eigenvalue weighted by Gasteiger charge is -2.33. The number of ether oxygens (including phenoxy) is 1. The SMILES string of the molecule is O=C(c1cccc(OCc2cccnc2)c1)N1CCC(Nc2ccccc2)CC1. The minimum atomic E-state index is 0.0648. The van der Waals surface area contributed by atoms with Crippen LogP contribution in [0, 0.1) is 0 Å². The first-order valence-electron chi connectivity index (χ1n) is 10.0. The Bertz CT molecular complexity index is 923. The maximum absolute atomic E-state index is 12.9. The van der Waals surface area contributed by atoms with E-state index in [0.717, 1.165) is 37.2 Å². The molecule has 5 nitrogen and oxygen atoms in total. The molecule has 1 aliphatic heterocycles. The highest BCUT2D eigenvalue weighted by atomic mass is 16.5. The average Bonchev–Trinajstić information content (AvgIpc) is 2.79. The number of nitrogens with one attached hydrogen (secondary N) is 1. The fourth-order valence-corrected chi connectivity index (χ4v) is 3.55. The highest BCUT2D eigenvalue weighted by Gasteiger charge is 2.23. The molecule has 0 radical (unpaired) electrons. The van der Waals surface area contributed by atoms with Crippen molar-refractivity contribution in [2.75, 3.05) is 18.4 Å². The molecule has 0 bridgehead atoms. The van der Waals surface area contributed by atoms with Crippen molar-refractivity contribution >= 4 is 11.6 Å². The van der Waals surface area contributed by atoms with Crippen molar-refractivity contribution < 1.29 is 9.53 Å². The predicted octanol–water partition coefficient (Wildman–Crippen LogP) is 4.38. The smallest absolute Gasteiger partial charge is 0.253 e. The van der Waals surface area contributed by atoms with E-state index in [-0.39, 0.29) is 5.91 Å². The average molecular weight is 387 g/mol. The Balaban J connectivity index is 1.31. The Kier molecular flexibility index (Phi) is 6.05. The normalized spacial score (nSPS) is 14.4. The molecular formula is C24H25N3O2. The number of pyridine rings is 1. The van der Waals surface area contributed by atoms with Crippen LogP contribution in [0.3, 0.4) is 0 Å². The minimum absolute atomic E-state index is 0.0648. The van der Waals surface area contributed by atoms with E-state index in [9.17, 15) is 4.79 Å². The number of benzene rings is 2. The summed E-state index contributed by atoms with van der Waals surface area (Å²) in [6.45, 7) is 1.94. The summed E-state index contributed by atoms with van der Waals surface area (Å²) in [5.41, 5.74) is 2.80. The summed E-state index contributed by atoms with van der Waals surface area (Å²) in [4.78, 5) is 19.0. The molecule has 0 saturated carbocycles. The largest absolute Gasteiger partial charge is 0.489 e. The highest BCUT2D eigenvalue weighted by Crippen LogP contribution is 2.20. The van der Waals surface area contributed by atoms with Crippen LogP contribution in [0.1, 0.15) is 28.8 Å². The number of rotatable bonds is 6. The molecule has 148 valence electrons. The highest BCUT2D eigenvalue weighted by molar-refractivity contribution is 5.94. The van der Waals surface area contributed by atoms with Crippen LogP contribution in [0.5, 0.6) is 5.75 Å². The molecule has 1 aromatic heterocycles. The van der Waals surface area contributed by atoms with Gasteiger partial charge < -0.3 is 15.0 Å². The minimum Gasteiger partial charge on any atom is -0.489 e. The van der Waals surface area contributed by atoms with Gasteiger partial charge in [-0.05, 0) is 49.2 Å². The molecule has 3 aromatic rings. The number of aromatic nitrogens is 1. The van der Waals surface area contributed by atoms with Gasteiger partial charge in [0.05, 0.1) is 0 Å². The Morgan fingerprint density at radius 2 is 1.86 bits per heavy atom. The first-order valence-corrected chi connectivity index (χ1v) is 10.0. The van der Waals surface area contributed by atoms with Gasteiger partial charge in [-0.3, -0.25) is 9.78 Å². The third-order valence-electron chi connectivity index (χ3n) is 5.14. The summed E-state index contributed by atoms with van der Waals surface area (Å²) in [7, 11) is 0. The van der Waals surface area contributed by atoms with Crippen LogP contribution < -0.4 is 10.1 Å². The second-order valence-electron chi connectivity index (χ2n) is 7.25. The van der Waals surface area contributed by atoms with Crippen molar-refractivity contribution in [1.29, 1.82) is 0 Å². The van der Waals surface area contributed by atoms with Crippen molar-refractivity contribution in [3.05, 3.63) is 90.3 Å². The van der Waals surface area contributed by atoms with Crippen LogP contribution in [0.4, 0.5) is 5.69 Å². The van der Waals surface area contributed by atoms with E-state index >= 15 is 0 Å². The van der Waals surface area contributed by atoms with Crippen molar-refractivity contribution in [3.63, 3.8) is 0 Å². The third kappa shape index (κ3) is 5.13. The lowest BCUT2D eigenvalue weighted by Crippen LogP contribution is -2.42. The zero-order valence-electron chi connectivity index (χ0n) is 16.3. The zero-order valence-corrected chi connectivity index (χ0v) is 16.3. The fourth-order valence-electron chi connectivity index (χ4n) is 3.55. The fraction of sp³-hybridized carbons (Fsp3) is 0.250. The van der Waals surface area contributed by atoms with Gasteiger partial charge in [-0.2, -0.15) is 0 Å². The summed E-state index contributed by atoms with van der Waals surface area (Å²) >= 11 is 0. The summed E-state index contributed by atoms with van der Waals surface area (Å²) in [5, 5.41) is 3.56. The van der Waals surface area contributed by atoms with Gasteiger partial charge in [-0.15, -0.1) is 0 Å². The lowest BCUT2D eigenvalue weighted by atomic mass is 10.0. The number of amides is 1. The van der Waals surface area contributed by atoms with Crippen molar-refractivity contribution in [3.8, 4) is 5.75 Å².